The summed E-state index contributed by atoms with van der Waals surface area (Å²) in [6.45, 7) is 2.20. The highest BCUT2D eigenvalue weighted by Gasteiger charge is 2.23. The lowest BCUT2D eigenvalue weighted by Crippen LogP contribution is -2.39. The zero-order valence-corrected chi connectivity index (χ0v) is 12.3. The highest BCUT2D eigenvalue weighted by molar-refractivity contribution is 7.89. The van der Waals surface area contributed by atoms with E-state index >= 15 is 0 Å². The first kappa shape index (κ1) is 15.2. The third-order valence-corrected chi connectivity index (χ3v) is 4.97. The van der Waals surface area contributed by atoms with Gasteiger partial charge >= 0.3 is 0 Å². The third-order valence-electron chi connectivity index (χ3n) is 3.53. The minimum absolute atomic E-state index is 0.226. The standard InChI is InChI=1S/C13H20FN3O2S/c1-17-6-2-3-10(9-17)8-16-20(18,19)13-7-11(15)4-5-12(13)14/h4-5,7,10,16H,2-3,6,8-9,15H2,1H3. The van der Waals surface area contributed by atoms with Gasteiger partial charge in [0.25, 0.3) is 0 Å². The molecule has 0 saturated carbocycles. The van der Waals surface area contributed by atoms with Crippen LogP contribution in [0.2, 0.25) is 0 Å². The number of nitrogens with two attached hydrogens (primary N) is 1. The number of rotatable bonds is 4. The second-order valence-electron chi connectivity index (χ2n) is 5.31. The van der Waals surface area contributed by atoms with Crippen LogP contribution >= 0.6 is 0 Å². The Hall–Kier alpha value is -1.18. The molecular weight excluding hydrogens is 281 g/mol. The number of anilines is 1. The van der Waals surface area contributed by atoms with E-state index in [1.54, 1.807) is 0 Å². The molecule has 2 rings (SSSR count). The lowest BCUT2D eigenvalue weighted by molar-refractivity contribution is 0.211. The van der Waals surface area contributed by atoms with Crippen LogP contribution < -0.4 is 10.5 Å². The molecule has 0 spiro atoms. The van der Waals surface area contributed by atoms with Crippen LogP contribution in [-0.4, -0.2) is 40.0 Å². The smallest absolute Gasteiger partial charge is 0.243 e. The first-order chi connectivity index (χ1) is 9.38. The van der Waals surface area contributed by atoms with Crippen LogP contribution in [0, 0.1) is 11.7 Å². The fraction of sp³-hybridized carbons (Fsp3) is 0.538. The predicted molar refractivity (Wildman–Crippen MR) is 76.2 cm³/mol. The van der Waals surface area contributed by atoms with E-state index in [1.165, 1.54) is 6.07 Å². The summed E-state index contributed by atoms with van der Waals surface area (Å²) in [5.74, 6) is -0.528. The molecule has 1 aromatic rings. The molecule has 1 heterocycles. The molecule has 7 heteroatoms. The SMILES string of the molecule is CN1CCCC(CNS(=O)(=O)c2cc(N)ccc2F)C1. The van der Waals surface area contributed by atoms with Gasteiger partial charge in [-0.2, -0.15) is 0 Å². The van der Waals surface area contributed by atoms with Crippen LogP contribution in [0.1, 0.15) is 12.8 Å². The number of sulfonamides is 1. The highest BCUT2D eigenvalue weighted by Crippen LogP contribution is 2.19. The molecule has 5 nitrogen and oxygen atoms in total. The number of nitrogens with zero attached hydrogens (tertiary/aromatic N) is 1. The maximum absolute atomic E-state index is 13.6. The average Bonchev–Trinajstić information content (AvgIpc) is 2.39. The Balaban J connectivity index is 2.05. The predicted octanol–water partition coefficient (Wildman–Crippen LogP) is 1.03. The van der Waals surface area contributed by atoms with Crippen LogP contribution in [0.15, 0.2) is 23.1 Å². The Morgan fingerprint density at radius 3 is 2.95 bits per heavy atom. The van der Waals surface area contributed by atoms with Gasteiger partial charge in [0.05, 0.1) is 0 Å². The van der Waals surface area contributed by atoms with E-state index < -0.39 is 15.8 Å². The van der Waals surface area contributed by atoms with E-state index in [9.17, 15) is 12.8 Å². The summed E-state index contributed by atoms with van der Waals surface area (Å²) in [4.78, 5) is 1.78. The number of halogens is 1. The summed E-state index contributed by atoms with van der Waals surface area (Å²) in [7, 11) is -1.84. The van der Waals surface area contributed by atoms with E-state index in [0.717, 1.165) is 38.1 Å². The Morgan fingerprint density at radius 2 is 2.25 bits per heavy atom. The van der Waals surface area contributed by atoms with Crippen LogP contribution in [0.4, 0.5) is 10.1 Å². The van der Waals surface area contributed by atoms with E-state index in [1.807, 2.05) is 7.05 Å². The van der Waals surface area contributed by atoms with E-state index in [2.05, 4.69) is 9.62 Å². The molecule has 1 aromatic carbocycles. The number of nitrogens with one attached hydrogen (secondary N) is 1. The van der Waals surface area contributed by atoms with Crippen LogP contribution in [-0.2, 0) is 10.0 Å². The number of benzene rings is 1. The zero-order chi connectivity index (χ0) is 14.8. The molecule has 20 heavy (non-hydrogen) atoms. The van der Waals surface area contributed by atoms with Gasteiger partial charge in [0, 0.05) is 18.8 Å². The van der Waals surface area contributed by atoms with E-state index in [-0.39, 0.29) is 16.5 Å². The summed E-state index contributed by atoms with van der Waals surface area (Å²) in [5.41, 5.74) is 5.74. The summed E-state index contributed by atoms with van der Waals surface area (Å²) in [6, 6.07) is 3.55. The minimum Gasteiger partial charge on any atom is -0.399 e. The topological polar surface area (TPSA) is 75.4 Å². The first-order valence-corrected chi connectivity index (χ1v) is 8.10. The minimum atomic E-state index is -3.85. The lowest BCUT2D eigenvalue weighted by atomic mass is 9.99. The number of likely N-dealkylation sites (tertiary alicyclic amines) is 1. The van der Waals surface area contributed by atoms with Gasteiger partial charge in [-0.25, -0.2) is 17.5 Å². The molecule has 1 saturated heterocycles. The van der Waals surface area contributed by atoms with Crippen molar-refractivity contribution in [3.05, 3.63) is 24.0 Å². The Morgan fingerprint density at radius 1 is 1.50 bits per heavy atom. The van der Waals surface area contributed by atoms with Gasteiger partial charge < -0.3 is 10.6 Å². The fourth-order valence-electron chi connectivity index (χ4n) is 2.47. The molecule has 1 fully saturated rings. The summed E-state index contributed by atoms with van der Waals surface area (Å²) >= 11 is 0. The van der Waals surface area contributed by atoms with Crippen molar-refractivity contribution in [2.75, 3.05) is 32.4 Å². The Bertz CT molecular complexity index is 577. The first-order valence-electron chi connectivity index (χ1n) is 6.62. The Kier molecular flexibility index (Phi) is 4.62. The molecule has 112 valence electrons. The van der Waals surface area contributed by atoms with E-state index in [0.29, 0.717) is 6.54 Å². The maximum atomic E-state index is 13.6. The molecule has 1 aliphatic heterocycles. The maximum Gasteiger partial charge on any atom is 0.243 e. The van der Waals surface area contributed by atoms with Crippen molar-refractivity contribution in [2.24, 2.45) is 5.92 Å². The fourth-order valence-corrected chi connectivity index (χ4v) is 3.70. The molecule has 0 aromatic heterocycles. The molecule has 0 aliphatic carbocycles. The highest BCUT2D eigenvalue weighted by atomic mass is 32.2. The molecular formula is C13H20FN3O2S. The third kappa shape index (κ3) is 3.68. The average molecular weight is 301 g/mol. The Labute approximate surface area is 119 Å². The number of piperidine rings is 1. The van der Waals surface area contributed by atoms with Crippen LogP contribution in [0.5, 0.6) is 0 Å². The molecule has 1 aliphatic rings. The van der Waals surface area contributed by atoms with Crippen molar-refractivity contribution in [3.8, 4) is 0 Å². The zero-order valence-electron chi connectivity index (χ0n) is 11.5. The van der Waals surface area contributed by atoms with Crippen molar-refractivity contribution >= 4 is 15.7 Å². The van der Waals surface area contributed by atoms with Crippen molar-refractivity contribution in [3.63, 3.8) is 0 Å². The molecule has 3 N–H and O–H groups in total. The second-order valence-corrected chi connectivity index (χ2v) is 7.05. The largest absolute Gasteiger partial charge is 0.399 e. The lowest BCUT2D eigenvalue weighted by Gasteiger charge is -2.29. The van der Waals surface area contributed by atoms with Gasteiger partial charge in [0.15, 0.2) is 0 Å². The van der Waals surface area contributed by atoms with Crippen molar-refractivity contribution in [1.82, 2.24) is 9.62 Å². The molecule has 1 unspecified atom stereocenters. The monoisotopic (exact) mass is 301 g/mol. The van der Waals surface area contributed by atoms with Gasteiger partial charge in [0.2, 0.25) is 10.0 Å². The summed E-state index contributed by atoms with van der Waals surface area (Å²) < 4.78 is 40.3. The van der Waals surface area contributed by atoms with E-state index in [4.69, 9.17) is 5.73 Å². The summed E-state index contributed by atoms with van der Waals surface area (Å²) in [6.07, 6.45) is 2.03. The van der Waals surface area contributed by atoms with Gasteiger partial charge in [-0.3, -0.25) is 0 Å². The second kappa shape index (κ2) is 6.07. The molecule has 1 atom stereocenters. The van der Waals surface area contributed by atoms with Crippen LogP contribution in [0.25, 0.3) is 0 Å². The van der Waals surface area contributed by atoms with Crippen LogP contribution in [0.3, 0.4) is 0 Å². The normalized spacial score (nSPS) is 21.0. The number of hydrogen-bond donors (Lipinski definition) is 2. The number of hydrogen-bond acceptors (Lipinski definition) is 4. The molecule has 0 radical (unpaired) electrons. The van der Waals surface area contributed by atoms with Crippen molar-refractivity contribution in [2.45, 2.75) is 17.7 Å². The van der Waals surface area contributed by atoms with Gasteiger partial charge in [-0.05, 0) is 50.6 Å². The van der Waals surface area contributed by atoms with Gasteiger partial charge in [-0.15, -0.1) is 0 Å². The van der Waals surface area contributed by atoms with Crippen molar-refractivity contribution < 1.29 is 12.8 Å². The van der Waals surface area contributed by atoms with Gasteiger partial charge in [-0.1, -0.05) is 0 Å². The van der Waals surface area contributed by atoms with Crippen molar-refractivity contribution in [1.29, 1.82) is 0 Å². The van der Waals surface area contributed by atoms with Gasteiger partial charge in [0.1, 0.15) is 10.7 Å². The quantitative estimate of drug-likeness (QED) is 0.815. The molecule has 0 bridgehead atoms. The molecule has 0 amide bonds. The number of nitrogen functional groups attached to an aromatic ring is 1. The summed E-state index contributed by atoms with van der Waals surface area (Å²) in [5, 5.41) is 0.